The highest BCUT2D eigenvalue weighted by Gasteiger charge is 2.35. The molecule has 4 amide bonds. The Morgan fingerprint density at radius 3 is 2.00 bits per heavy atom. The third-order valence-electron chi connectivity index (χ3n) is 6.29. The van der Waals surface area contributed by atoms with Gasteiger partial charge in [-0.2, -0.15) is 5.26 Å². The summed E-state index contributed by atoms with van der Waals surface area (Å²) in [6.45, 7) is 5.81. The number of ether oxygens (including phenoxy) is 1. The van der Waals surface area contributed by atoms with E-state index < -0.39 is 35.7 Å². The Kier molecular flexibility index (Phi) is 11.9. The van der Waals surface area contributed by atoms with Crippen LogP contribution in [-0.2, 0) is 22.5 Å². The quantitative estimate of drug-likeness (QED) is 0.243. The first-order chi connectivity index (χ1) is 20.2. The van der Waals surface area contributed by atoms with Crippen LogP contribution in [0.1, 0.15) is 44.7 Å². The Bertz CT molecular complexity index is 1320. The first-order valence-electron chi connectivity index (χ1n) is 14.0. The highest BCUT2D eigenvalue weighted by molar-refractivity contribution is 5.94. The highest BCUT2D eigenvalue weighted by atomic mass is 16.6. The zero-order valence-corrected chi connectivity index (χ0v) is 24.4. The molecule has 0 fully saturated rings. The number of para-hydroxylation sites is 1. The fourth-order valence-electron chi connectivity index (χ4n) is 4.35. The first kappa shape index (κ1) is 31.7. The Morgan fingerprint density at radius 1 is 0.857 bits per heavy atom. The number of amides is 4. The summed E-state index contributed by atoms with van der Waals surface area (Å²) in [5.41, 5.74) is 1.65. The molecule has 0 spiro atoms. The van der Waals surface area contributed by atoms with Crippen LogP contribution in [0.3, 0.4) is 0 Å². The van der Waals surface area contributed by atoms with Gasteiger partial charge in [0.15, 0.2) is 0 Å². The molecule has 0 unspecified atom stereocenters. The number of benzene rings is 3. The Hall–Kier alpha value is -4.84. The van der Waals surface area contributed by atoms with E-state index >= 15 is 0 Å². The number of hydrogen-bond acceptors (Lipinski definition) is 5. The van der Waals surface area contributed by atoms with Crippen molar-refractivity contribution >= 4 is 23.7 Å². The number of anilines is 1. The topological polar surface area (TPSA) is 124 Å². The summed E-state index contributed by atoms with van der Waals surface area (Å²) in [6.07, 6.45) is 0.232. The van der Waals surface area contributed by atoms with E-state index in [4.69, 9.17) is 4.74 Å². The predicted octanol–water partition coefficient (Wildman–Crippen LogP) is 5.65. The third kappa shape index (κ3) is 10.6. The van der Waals surface area contributed by atoms with Gasteiger partial charge in [0.2, 0.25) is 5.91 Å². The zero-order chi connectivity index (χ0) is 30.4. The fourth-order valence-corrected chi connectivity index (χ4v) is 4.35. The molecule has 42 heavy (non-hydrogen) atoms. The molecule has 3 rings (SSSR count). The van der Waals surface area contributed by atoms with Crippen molar-refractivity contribution in [1.29, 1.82) is 5.26 Å². The van der Waals surface area contributed by atoms with E-state index in [0.29, 0.717) is 12.1 Å². The first-order valence-corrected chi connectivity index (χ1v) is 14.0. The molecule has 9 heteroatoms. The maximum absolute atomic E-state index is 13.8. The van der Waals surface area contributed by atoms with Crippen molar-refractivity contribution in [1.82, 2.24) is 15.5 Å². The van der Waals surface area contributed by atoms with Crippen LogP contribution in [-0.4, -0.2) is 47.2 Å². The molecule has 9 nitrogen and oxygen atoms in total. The van der Waals surface area contributed by atoms with E-state index in [1.807, 2.05) is 66.7 Å². The largest absolute Gasteiger partial charge is 0.444 e. The van der Waals surface area contributed by atoms with Gasteiger partial charge in [-0.3, -0.25) is 9.69 Å². The lowest BCUT2D eigenvalue weighted by atomic mass is 10.0. The molecular formula is C33H39N5O4. The fraction of sp³-hybridized carbons (Fsp3) is 0.333. The lowest BCUT2D eigenvalue weighted by molar-refractivity contribution is -0.126. The molecule has 220 valence electrons. The van der Waals surface area contributed by atoms with Crippen molar-refractivity contribution in [3.05, 3.63) is 102 Å². The second-order valence-electron chi connectivity index (χ2n) is 10.8. The van der Waals surface area contributed by atoms with E-state index in [1.165, 1.54) is 4.90 Å². The van der Waals surface area contributed by atoms with Gasteiger partial charge in [-0.15, -0.1) is 0 Å². The van der Waals surface area contributed by atoms with Gasteiger partial charge in [-0.1, -0.05) is 78.9 Å². The van der Waals surface area contributed by atoms with Crippen molar-refractivity contribution in [2.24, 2.45) is 0 Å². The van der Waals surface area contributed by atoms with Gasteiger partial charge in [0, 0.05) is 25.2 Å². The van der Waals surface area contributed by atoms with E-state index in [9.17, 15) is 19.6 Å². The number of nitriles is 1. The number of hydrogen-bond donors (Lipinski definition) is 3. The number of alkyl carbamates (subject to hydrolysis) is 1. The molecule has 2 atom stereocenters. The summed E-state index contributed by atoms with van der Waals surface area (Å²) in [7, 11) is 0. The molecule has 0 saturated carbocycles. The summed E-state index contributed by atoms with van der Waals surface area (Å²) in [4.78, 5) is 41.1. The molecule has 0 saturated heterocycles. The third-order valence-corrected chi connectivity index (χ3v) is 6.29. The molecule has 3 aromatic rings. The summed E-state index contributed by atoms with van der Waals surface area (Å²) in [5, 5.41) is 18.8. The normalized spacial score (nSPS) is 12.2. The number of nitrogens with zero attached hydrogens (tertiary/aromatic N) is 2. The van der Waals surface area contributed by atoms with Gasteiger partial charge in [0.25, 0.3) is 0 Å². The van der Waals surface area contributed by atoms with Gasteiger partial charge in [-0.25, -0.2) is 9.59 Å². The predicted molar refractivity (Wildman–Crippen MR) is 162 cm³/mol. The molecule has 0 aliphatic heterocycles. The van der Waals surface area contributed by atoms with Gasteiger partial charge < -0.3 is 20.7 Å². The molecule has 0 aliphatic rings. The molecule has 0 radical (unpaired) electrons. The van der Waals surface area contributed by atoms with Crippen molar-refractivity contribution in [2.45, 2.75) is 64.3 Å². The van der Waals surface area contributed by atoms with Crippen molar-refractivity contribution in [3.8, 4) is 6.07 Å². The number of carbonyl (C=O) groups is 3. The molecule has 0 bridgehead atoms. The lowest BCUT2D eigenvalue weighted by Crippen LogP contribution is -2.55. The number of rotatable bonds is 12. The molecule has 3 N–H and O–H groups in total. The smallest absolute Gasteiger partial charge is 0.407 e. The van der Waals surface area contributed by atoms with Crippen molar-refractivity contribution in [3.63, 3.8) is 0 Å². The Labute approximate surface area is 247 Å². The minimum Gasteiger partial charge on any atom is -0.444 e. The maximum Gasteiger partial charge on any atom is 0.407 e. The zero-order valence-electron chi connectivity index (χ0n) is 24.4. The van der Waals surface area contributed by atoms with Gasteiger partial charge in [-0.05, 0) is 56.9 Å². The van der Waals surface area contributed by atoms with E-state index in [2.05, 4.69) is 22.0 Å². The van der Waals surface area contributed by atoms with Crippen LogP contribution in [0.4, 0.5) is 15.3 Å². The van der Waals surface area contributed by atoms with Crippen LogP contribution in [0, 0.1) is 11.3 Å². The minimum atomic E-state index is -0.994. The number of nitrogens with one attached hydrogen (secondary N) is 3. The standard InChI is InChI=1S/C33H39N5O4/c1-33(2,3)42-32(41)35-21-13-20-29(30(39)36-24-26-16-9-5-10-17-26)38(31(40)37-27-18-11-6-12-19-27)28(23-34)22-25-14-7-4-8-15-25/h4-12,14-19,28-29H,13,20-22,24H2,1-3H3,(H,35,41)(H,36,39)(H,37,40)/t28-,29-/m0/s1. The Balaban J connectivity index is 1.87. The molecule has 0 aliphatic carbocycles. The van der Waals surface area contributed by atoms with Crippen molar-refractivity contribution in [2.75, 3.05) is 11.9 Å². The van der Waals surface area contributed by atoms with E-state index in [-0.39, 0.29) is 25.9 Å². The molecule has 0 aromatic heterocycles. The average molecular weight is 570 g/mol. The highest BCUT2D eigenvalue weighted by Crippen LogP contribution is 2.19. The summed E-state index contributed by atoms with van der Waals surface area (Å²) >= 11 is 0. The minimum absolute atomic E-state index is 0.200. The van der Waals surface area contributed by atoms with Crippen LogP contribution in [0.25, 0.3) is 0 Å². The summed E-state index contributed by atoms with van der Waals surface area (Å²) in [6, 6.07) is 27.5. The molecule has 0 heterocycles. The summed E-state index contributed by atoms with van der Waals surface area (Å²) < 4.78 is 5.31. The van der Waals surface area contributed by atoms with Gasteiger partial charge in [0.05, 0.1) is 6.07 Å². The lowest BCUT2D eigenvalue weighted by Gasteiger charge is -2.34. The second kappa shape index (κ2) is 15.8. The number of urea groups is 1. The van der Waals surface area contributed by atoms with Crippen LogP contribution in [0.15, 0.2) is 91.0 Å². The maximum atomic E-state index is 13.8. The van der Waals surface area contributed by atoms with E-state index in [1.54, 1.807) is 45.0 Å². The van der Waals surface area contributed by atoms with Crippen LogP contribution >= 0.6 is 0 Å². The van der Waals surface area contributed by atoms with Gasteiger partial charge in [0.1, 0.15) is 17.7 Å². The molecular weight excluding hydrogens is 530 g/mol. The van der Waals surface area contributed by atoms with Crippen LogP contribution in [0.2, 0.25) is 0 Å². The second-order valence-corrected chi connectivity index (χ2v) is 10.8. The van der Waals surface area contributed by atoms with Crippen LogP contribution < -0.4 is 16.0 Å². The number of carbonyl (C=O) groups excluding carboxylic acids is 3. The van der Waals surface area contributed by atoms with Crippen molar-refractivity contribution < 1.29 is 19.1 Å². The molecule has 3 aromatic carbocycles. The van der Waals surface area contributed by atoms with Crippen LogP contribution in [0.5, 0.6) is 0 Å². The van der Waals surface area contributed by atoms with Gasteiger partial charge >= 0.3 is 12.1 Å². The SMILES string of the molecule is CC(C)(C)OC(=O)NCCC[C@@H](C(=O)NCc1ccccc1)N(C(=O)Nc1ccccc1)[C@H](C#N)Cc1ccccc1. The summed E-state index contributed by atoms with van der Waals surface area (Å²) in [5.74, 6) is -0.396. The Morgan fingerprint density at radius 2 is 1.43 bits per heavy atom. The van der Waals surface area contributed by atoms with E-state index in [0.717, 1.165) is 11.1 Å². The average Bonchev–Trinajstić information content (AvgIpc) is 2.97. The monoisotopic (exact) mass is 569 g/mol.